The molecule has 1 fully saturated rings. The minimum absolute atomic E-state index is 0.109. The maximum atomic E-state index is 11.5. The maximum absolute atomic E-state index is 11.5. The first-order valence-electron chi connectivity index (χ1n) is 9.67. The van der Waals surface area contributed by atoms with Crippen LogP contribution in [0.25, 0.3) is 10.9 Å². The van der Waals surface area contributed by atoms with Gasteiger partial charge in [0.15, 0.2) is 11.6 Å². The molecule has 2 aliphatic carbocycles. The average molecular weight is 497 g/mol. The van der Waals surface area contributed by atoms with Crippen molar-refractivity contribution in [3.05, 3.63) is 61.7 Å². The number of H-pyrrole nitrogens is 1. The Labute approximate surface area is 198 Å². The van der Waals surface area contributed by atoms with Crippen LogP contribution >= 0.6 is 46.4 Å². The second-order valence-electron chi connectivity index (χ2n) is 7.28. The summed E-state index contributed by atoms with van der Waals surface area (Å²) in [7, 11) is 0. The van der Waals surface area contributed by atoms with Gasteiger partial charge in [-0.15, -0.1) is 0 Å². The summed E-state index contributed by atoms with van der Waals surface area (Å²) in [6, 6.07) is 8.61. The molecule has 5 rings (SSSR count). The van der Waals surface area contributed by atoms with E-state index in [-0.39, 0.29) is 11.6 Å². The number of halogens is 4. The van der Waals surface area contributed by atoms with Gasteiger partial charge in [0.05, 0.1) is 26.9 Å². The molecule has 0 saturated heterocycles. The number of ketones is 2. The van der Waals surface area contributed by atoms with Gasteiger partial charge >= 0.3 is 0 Å². The number of nitrogens with one attached hydrogen (secondary N) is 2. The van der Waals surface area contributed by atoms with Crippen molar-refractivity contribution in [2.75, 3.05) is 5.43 Å². The number of carbonyl (C=O) groups is 2. The second kappa shape index (κ2) is 9.21. The van der Waals surface area contributed by atoms with Crippen molar-refractivity contribution in [3.63, 3.8) is 0 Å². The van der Waals surface area contributed by atoms with Gasteiger partial charge in [-0.3, -0.25) is 15.0 Å². The van der Waals surface area contributed by atoms with E-state index in [0.717, 1.165) is 35.7 Å². The van der Waals surface area contributed by atoms with Crippen LogP contribution in [0.3, 0.4) is 0 Å². The van der Waals surface area contributed by atoms with E-state index in [1.165, 1.54) is 0 Å². The Morgan fingerprint density at radius 3 is 2.32 bits per heavy atom. The van der Waals surface area contributed by atoms with Gasteiger partial charge in [-0.2, -0.15) is 5.10 Å². The fourth-order valence-corrected chi connectivity index (χ4v) is 4.65. The molecule has 9 heteroatoms. The van der Waals surface area contributed by atoms with E-state index in [0.29, 0.717) is 50.0 Å². The minimum atomic E-state index is 0.109. The monoisotopic (exact) mass is 495 g/mol. The third-order valence-electron chi connectivity index (χ3n) is 5.19. The van der Waals surface area contributed by atoms with Crippen LogP contribution in [-0.4, -0.2) is 22.3 Å². The van der Waals surface area contributed by atoms with Crippen LogP contribution in [0.1, 0.15) is 41.7 Å². The molecule has 0 bridgehead atoms. The summed E-state index contributed by atoms with van der Waals surface area (Å²) < 4.78 is 0. The molecule has 0 spiro atoms. The maximum Gasteiger partial charge on any atom is 0.179 e. The first-order chi connectivity index (χ1) is 14.8. The third kappa shape index (κ3) is 4.75. The predicted octanol–water partition coefficient (Wildman–Crippen LogP) is 7.12. The van der Waals surface area contributed by atoms with E-state index >= 15 is 0 Å². The highest BCUT2D eigenvalue weighted by Crippen LogP contribution is 2.35. The Kier molecular flexibility index (Phi) is 6.58. The molecule has 2 N–H and O–H groups in total. The number of fused-ring (bicyclic) bond motifs is 3. The molecule has 3 aromatic rings. The first kappa shape index (κ1) is 22.2. The van der Waals surface area contributed by atoms with E-state index in [1.807, 2.05) is 6.07 Å². The van der Waals surface area contributed by atoms with Crippen molar-refractivity contribution in [1.82, 2.24) is 4.98 Å². The lowest BCUT2D eigenvalue weighted by molar-refractivity contribution is -0.112. The topological polar surface area (TPSA) is 74.3 Å². The lowest BCUT2D eigenvalue weighted by Gasteiger charge is -2.04. The molecule has 5 nitrogen and oxygen atoms in total. The summed E-state index contributed by atoms with van der Waals surface area (Å²) in [6.45, 7) is 0. The number of nitrogens with zero attached hydrogens (tertiary/aromatic N) is 1. The molecular formula is C22H17Cl4N3O2. The Morgan fingerprint density at radius 2 is 1.61 bits per heavy atom. The van der Waals surface area contributed by atoms with E-state index in [1.54, 1.807) is 24.3 Å². The number of aromatic nitrogens is 1. The van der Waals surface area contributed by atoms with Crippen molar-refractivity contribution >= 4 is 80.3 Å². The quantitative estimate of drug-likeness (QED) is 0.371. The molecule has 160 valence electrons. The SMILES string of the molecule is O=C1CCC/C1=N\Nc1ccc(Cl)cc1Cl.O=C1CCc2c1[nH]c1c(Cl)cc(Cl)cc21. The van der Waals surface area contributed by atoms with Crippen LogP contribution in [0.4, 0.5) is 5.69 Å². The number of benzene rings is 2. The van der Waals surface area contributed by atoms with Crippen LogP contribution in [0.15, 0.2) is 35.4 Å². The van der Waals surface area contributed by atoms with E-state index < -0.39 is 0 Å². The average Bonchev–Trinajstić information content (AvgIpc) is 3.39. The molecule has 2 aromatic carbocycles. The Morgan fingerprint density at radius 1 is 0.839 bits per heavy atom. The van der Waals surface area contributed by atoms with Crippen LogP contribution < -0.4 is 5.43 Å². The molecule has 31 heavy (non-hydrogen) atoms. The Bertz CT molecular complexity index is 1230. The smallest absolute Gasteiger partial charge is 0.179 e. The first-order valence-corrected chi connectivity index (χ1v) is 11.2. The molecule has 1 aromatic heterocycles. The highest BCUT2D eigenvalue weighted by molar-refractivity contribution is 6.42. The lowest BCUT2D eigenvalue weighted by Crippen LogP contribution is -2.07. The Hall–Kier alpha value is -2.05. The zero-order chi connectivity index (χ0) is 22.1. The fourth-order valence-electron chi connectivity index (χ4n) is 3.66. The van der Waals surface area contributed by atoms with Gasteiger partial charge in [-0.05, 0) is 55.2 Å². The minimum Gasteiger partial charge on any atom is -0.351 e. The van der Waals surface area contributed by atoms with Gasteiger partial charge in [0.1, 0.15) is 5.71 Å². The van der Waals surface area contributed by atoms with Gasteiger partial charge in [0.2, 0.25) is 0 Å². The molecule has 2 aliphatic rings. The van der Waals surface area contributed by atoms with Crippen LogP contribution in [-0.2, 0) is 11.2 Å². The molecule has 1 saturated carbocycles. The number of aryl methyl sites for hydroxylation is 1. The number of Topliss-reactive ketones (excluding diaryl/α,β-unsaturated/α-hetero) is 2. The predicted molar refractivity (Wildman–Crippen MR) is 127 cm³/mol. The van der Waals surface area contributed by atoms with Crippen molar-refractivity contribution in [1.29, 1.82) is 0 Å². The van der Waals surface area contributed by atoms with Crippen LogP contribution in [0.5, 0.6) is 0 Å². The van der Waals surface area contributed by atoms with E-state index in [4.69, 9.17) is 46.4 Å². The summed E-state index contributed by atoms with van der Waals surface area (Å²) in [6.07, 6.45) is 3.58. The summed E-state index contributed by atoms with van der Waals surface area (Å²) >= 11 is 23.7. The van der Waals surface area contributed by atoms with Crippen molar-refractivity contribution in [3.8, 4) is 0 Å². The normalized spacial score (nSPS) is 16.6. The van der Waals surface area contributed by atoms with Crippen molar-refractivity contribution in [2.24, 2.45) is 5.10 Å². The third-order valence-corrected chi connectivity index (χ3v) is 6.26. The lowest BCUT2D eigenvalue weighted by atomic mass is 10.1. The number of rotatable bonds is 2. The largest absolute Gasteiger partial charge is 0.351 e. The molecular weight excluding hydrogens is 480 g/mol. The highest BCUT2D eigenvalue weighted by Gasteiger charge is 2.25. The zero-order valence-electron chi connectivity index (χ0n) is 16.2. The molecule has 0 aliphatic heterocycles. The fraction of sp³-hybridized carbons (Fsp3) is 0.227. The highest BCUT2D eigenvalue weighted by atomic mass is 35.5. The van der Waals surface area contributed by atoms with Gasteiger partial charge in [0, 0.05) is 28.3 Å². The van der Waals surface area contributed by atoms with E-state index in [9.17, 15) is 9.59 Å². The van der Waals surface area contributed by atoms with Gasteiger partial charge in [0.25, 0.3) is 0 Å². The summed E-state index contributed by atoms with van der Waals surface area (Å²) in [5, 5.41) is 7.27. The number of carbonyl (C=O) groups excluding carboxylic acids is 2. The number of anilines is 1. The van der Waals surface area contributed by atoms with Crippen LogP contribution in [0.2, 0.25) is 20.1 Å². The molecule has 0 unspecified atom stereocenters. The molecule has 0 amide bonds. The van der Waals surface area contributed by atoms with Gasteiger partial charge in [-0.25, -0.2) is 0 Å². The molecule has 0 radical (unpaired) electrons. The Balaban J connectivity index is 0.000000149. The molecule has 1 heterocycles. The number of hydrogen-bond donors (Lipinski definition) is 2. The summed E-state index contributed by atoms with van der Waals surface area (Å²) in [4.78, 5) is 25.9. The van der Waals surface area contributed by atoms with Gasteiger partial charge < -0.3 is 4.98 Å². The zero-order valence-corrected chi connectivity index (χ0v) is 19.2. The number of hydrogen-bond acceptors (Lipinski definition) is 4. The number of aromatic amines is 1. The summed E-state index contributed by atoms with van der Waals surface area (Å²) in [5.41, 5.74) is 6.61. The standard InChI is InChI=1S/C11H10Cl2N2O.C11H7Cl2NO/c12-7-4-5-9(8(13)6-7)14-15-10-2-1-3-11(10)16;12-5-3-7-6-1-2-9(15)11(6)14-10(7)8(13)4-5/h4-6,14H,1-3H2;3-4,14H,1-2H2/b15-10+;. The van der Waals surface area contributed by atoms with Gasteiger partial charge in [-0.1, -0.05) is 46.4 Å². The van der Waals surface area contributed by atoms with Crippen molar-refractivity contribution in [2.45, 2.75) is 32.1 Å². The van der Waals surface area contributed by atoms with E-state index in [2.05, 4.69) is 15.5 Å². The van der Waals surface area contributed by atoms with Crippen molar-refractivity contribution < 1.29 is 9.59 Å². The molecule has 0 atom stereocenters. The second-order valence-corrected chi connectivity index (χ2v) is 8.97. The summed E-state index contributed by atoms with van der Waals surface area (Å²) in [5.74, 6) is 0.269. The number of hydrazone groups is 1. The van der Waals surface area contributed by atoms with Crippen LogP contribution in [0, 0.1) is 0 Å².